The fraction of sp³-hybridized carbons (Fsp3) is 0.562. The van der Waals surface area contributed by atoms with E-state index in [0.717, 1.165) is 50.9 Å². The van der Waals surface area contributed by atoms with E-state index in [-0.39, 0.29) is 6.42 Å². The molecule has 0 aliphatic carbocycles. The van der Waals surface area contributed by atoms with Gasteiger partial charge in [0.1, 0.15) is 0 Å². The summed E-state index contributed by atoms with van der Waals surface area (Å²) in [5, 5.41) is 9.24. The van der Waals surface area contributed by atoms with E-state index >= 15 is 0 Å². The minimum absolute atomic E-state index is 0.127. The smallest absolute Gasteiger partial charge is 0.305 e. The van der Waals surface area contributed by atoms with E-state index in [9.17, 15) is 18.7 Å². The van der Waals surface area contributed by atoms with Gasteiger partial charge in [-0.15, -0.1) is 0 Å². The normalized spacial score (nSPS) is 19.8. The van der Waals surface area contributed by atoms with Gasteiger partial charge in [-0.3, -0.25) is 9.69 Å². The summed E-state index contributed by atoms with van der Waals surface area (Å²) in [6.07, 6.45) is 4.12. The number of likely N-dealkylation sites (tertiary alicyclic amines) is 1. The summed E-state index contributed by atoms with van der Waals surface area (Å²) in [6, 6.07) is 3.69. The monoisotopic (exact) mass is 297 g/mol. The van der Waals surface area contributed by atoms with Crippen LogP contribution < -0.4 is 0 Å². The fourth-order valence-corrected chi connectivity index (χ4v) is 3.09. The van der Waals surface area contributed by atoms with Crippen molar-refractivity contribution in [3.63, 3.8) is 0 Å². The Morgan fingerprint density at radius 1 is 1.19 bits per heavy atom. The molecule has 0 amide bonds. The Balaban J connectivity index is 2.38. The molecule has 2 rings (SSSR count). The van der Waals surface area contributed by atoms with Crippen molar-refractivity contribution < 1.29 is 18.7 Å². The molecule has 1 aromatic rings. The second-order valence-corrected chi connectivity index (χ2v) is 5.87. The molecule has 0 spiro atoms. The molecular weight excluding hydrogens is 276 g/mol. The SMILES string of the molecule is CC(CC(=O)O)(c1ccc(F)c(F)c1)N1CCCCCC1. The van der Waals surface area contributed by atoms with Crippen molar-refractivity contribution in [2.45, 2.75) is 44.6 Å². The van der Waals surface area contributed by atoms with Crippen LogP contribution in [0.15, 0.2) is 18.2 Å². The third kappa shape index (κ3) is 3.59. The first-order valence-corrected chi connectivity index (χ1v) is 7.36. The van der Waals surface area contributed by atoms with Crippen molar-refractivity contribution in [3.05, 3.63) is 35.4 Å². The largest absolute Gasteiger partial charge is 0.481 e. The average molecular weight is 297 g/mol. The second kappa shape index (κ2) is 6.52. The van der Waals surface area contributed by atoms with Crippen LogP contribution in [0.1, 0.15) is 44.6 Å². The van der Waals surface area contributed by atoms with Gasteiger partial charge in [0.15, 0.2) is 11.6 Å². The van der Waals surface area contributed by atoms with Crippen molar-refractivity contribution >= 4 is 5.97 Å². The van der Waals surface area contributed by atoms with Gasteiger partial charge in [-0.2, -0.15) is 0 Å². The van der Waals surface area contributed by atoms with Crippen LogP contribution in [0.5, 0.6) is 0 Å². The predicted octanol–water partition coefficient (Wildman–Crippen LogP) is 3.53. The highest BCUT2D eigenvalue weighted by Gasteiger charge is 2.36. The zero-order chi connectivity index (χ0) is 15.5. The molecule has 1 N–H and O–H groups in total. The molecule has 0 saturated carbocycles. The van der Waals surface area contributed by atoms with Gasteiger partial charge in [0.25, 0.3) is 0 Å². The van der Waals surface area contributed by atoms with Gasteiger partial charge in [-0.25, -0.2) is 8.78 Å². The lowest BCUT2D eigenvalue weighted by molar-refractivity contribution is -0.140. The van der Waals surface area contributed by atoms with E-state index in [2.05, 4.69) is 4.90 Å². The molecule has 1 aliphatic heterocycles. The highest BCUT2D eigenvalue weighted by molar-refractivity contribution is 5.68. The fourth-order valence-electron chi connectivity index (χ4n) is 3.09. The Bertz CT molecular complexity index is 513. The summed E-state index contributed by atoms with van der Waals surface area (Å²) in [5.74, 6) is -2.78. The van der Waals surface area contributed by atoms with E-state index in [4.69, 9.17) is 0 Å². The number of hydrogen-bond acceptors (Lipinski definition) is 2. The molecule has 1 atom stereocenters. The summed E-state index contributed by atoms with van der Waals surface area (Å²) in [4.78, 5) is 13.4. The maximum Gasteiger partial charge on any atom is 0.305 e. The number of halogens is 2. The van der Waals surface area contributed by atoms with Crippen molar-refractivity contribution in [1.29, 1.82) is 0 Å². The lowest BCUT2D eigenvalue weighted by Gasteiger charge is -2.40. The lowest BCUT2D eigenvalue weighted by atomic mass is 9.86. The second-order valence-electron chi connectivity index (χ2n) is 5.87. The highest BCUT2D eigenvalue weighted by atomic mass is 19.2. The topological polar surface area (TPSA) is 40.5 Å². The van der Waals surface area contributed by atoms with E-state index in [1.165, 1.54) is 6.07 Å². The lowest BCUT2D eigenvalue weighted by Crippen LogP contribution is -2.46. The first-order chi connectivity index (χ1) is 9.93. The van der Waals surface area contributed by atoms with Crippen molar-refractivity contribution in [1.82, 2.24) is 4.90 Å². The molecule has 1 saturated heterocycles. The molecule has 116 valence electrons. The highest BCUT2D eigenvalue weighted by Crippen LogP contribution is 2.34. The molecule has 0 aromatic heterocycles. The zero-order valence-corrected chi connectivity index (χ0v) is 12.2. The molecule has 1 unspecified atom stereocenters. The summed E-state index contributed by atoms with van der Waals surface area (Å²) >= 11 is 0. The maximum atomic E-state index is 13.6. The first-order valence-electron chi connectivity index (χ1n) is 7.36. The summed E-state index contributed by atoms with van der Waals surface area (Å²) in [7, 11) is 0. The number of nitrogens with zero attached hydrogens (tertiary/aromatic N) is 1. The molecule has 0 radical (unpaired) electrons. The van der Waals surface area contributed by atoms with Crippen LogP contribution in [0.3, 0.4) is 0 Å². The van der Waals surface area contributed by atoms with Crippen LogP contribution >= 0.6 is 0 Å². The van der Waals surface area contributed by atoms with Gasteiger partial charge in [0, 0.05) is 0 Å². The first kappa shape index (κ1) is 15.9. The van der Waals surface area contributed by atoms with Crippen LogP contribution in [-0.2, 0) is 10.3 Å². The maximum absolute atomic E-state index is 13.6. The third-order valence-corrected chi connectivity index (χ3v) is 4.34. The van der Waals surface area contributed by atoms with Gasteiger partial charge < -0.3 is 5.11 Å². The van der Waals surface area contributed by atoms with Gasteiger partial charge in [-0.05, 0) is 50.6 Å². The number of hydrogen-bond donors (Lipinski definition) is 1. The Labute approximate surface area is 123 Å². The van der Waals surface area contributed by atoms with Gasteiger partial charge in [0.05, 0.1) is 12.0 Å². The van der Waals surface area contributed by atoms with E-state index in [1.54, 1.807) is 6.92 Å². The number of carboxylic acids is 1. The quantitative estimate of drug-likeness (QED) is 0.924. The molecule has 1 aliphatic rings. The standard InChI is InChI=1S/C16H21F2NO2/c1-16(11-15(20)21,19-8-4-2-3-5-9-19)12-6-7-13(17)14(18)10-12/h6-7,10H,2-5,8-9,11H2,1H3,(H,20,21). The van der Waals surface area contributed by atoms with Crippen LogP contribution in [0.2, 0.25) is 0 Å². The summed E-state index contributed by atoms with van der Waals surface area (Å²) in [5.41, 5.74) is -0.296. The molecular formula is C16H21F2NO2. The van der Waals surface area contributed by atoms with Crippen molar-refractivity contribution in [2.24, 2.45) is 0 Å². The van der Waals surface area contributed by atoms with E-state index in [1.807, 2.05) is 0 Å². The third-order valence-electron chi connectivity index (χ3n) is 4.34. The Morgan fingerprint density at radius 2 is 1.81 bits per heavy atom. The Morgan fingerprint density at radius 3 is 2.33 bits per heavy atom. The van der Waals surface area contributed by atoms with Crippen molar-refractivity contribution in [2.75, 3.05) is 13.1 Å². The zero-order valence-electron chi connectivity index (χ0n) is 12.2. The van der Waals surface area contributed by atoms with Crippen molar-refractivity contribution in [3.8, 4) is 0 Å². The molecule has 21 heavy (non-hydrogen) atoms. The minimum atomic E-state index is -0.938. The molecule has 1 heterocycles. The van der Waals surface area contributed by atoms with Gasteiger partial charge in [-0.1, -0.05) is 18.9 Å². The van der Waals surface area contributed by atoms with Gasteiger partial charge >= 0.3 is 5.97 Å². The predicted molar refractivity (Wildman–Crippen MR) is 76.0 cm³/mol. The number of aliphatic carboxylic acids is 1. The molecule has 0 bridgehead atoms. The summed E-state index contributed by atoms with van der Waals surface area (Å²) < 4.78 is 26.7. The Kier molecular flexibility index (Phi) is 4.93. The number of rotatable bonds is 4. The number of benzene rings is 1. The molecule has 1 aromatic carbocycles. The van der Waals surface area contributed by atoms with Crippen LogP contribution in [0, 0.1) is 11.6 Å². The molecule has 1 fully saturated rings. The molecule has 5 heteroatoms. The summed E-state index contributed by atoms with van der Waals surface area (Å²) in [6.45, 7) is 3.37. The van der Waals surface area contributed by atoms with E-state index in [0.29, 0.717) is 5.56 Å². The van der Waals surface area contributed by atoms with Crippen LogP contribution in [0.25, 0.3) is 0 Å². The van der Waals surface area contributed by atoms with E-state index < -0.39 is 23.1 Å². The van der Waals surface area contributed by atoms with Crippen LogP contribution in [-0.4, -0.2) is 29.1 Å². The minimum Gasteiger partial charge on any atom is -0.481 e. The number of carbonyl (C=O) groups is 1. The Hall–Kier alpha value is -1.49. The number of carboxylic acid groups (broad SMARTS) is 1. The van der Waals surface area contributed by atoms with Crippen LogP contribution in [0.4, 0.5) is 8.78 Å². The molecule has 3 nitrogen and oxygen atoms in total. The van der Waals surface area contributed by atoms with Gasteiger partial charge in [0.2, 0.25) is 0 Å². The average Bonchev–Trinajstić information content (AvgIpc) is 2.70.